The second-order valence-corrected chi connectivity index (χ2v) is 14.1. The zero-order valence-corrected chi connectivity index (χ0v) is 18.9. The predicted octanol–water partition coefficient (Wildman–Crippen LogP) is 2.98. The molecule has 1 aliphatic rings. The highest BCUT2D eigenvalue weighted by molar-refractivity contribution is 6.76. The van der Waals surface area contributed by atoms with E-state index in [-0.39, 0.29) is 26.1 Å². The van der Waals surface area contributed by atoms with Gasteiger partial charge < -0.3 is 14.2 Å². The molecule has 0 aromatic heterocycles. The summed E-state index contributed by atoms with van der Waals surface area (Å²) in [6.07, 6.45) is -1.21. The van der Waals surface area contributed by atoms with Gasteiger partial charge in [0.05, 0.1) is 19.6 Å². The third-order valence-electron chi connectivity index (χ3n) is 4.81. The van der Waals surface area contributed by atoms with Gasteiger partial charge in [0.1, 0.15) is 12.6 Å². The van der Waals surface area contributed by atoms with Gasteiger partial charge in [0.2, 0.25) is 5.91 Å². The van der Waals surface area contributed by atoms with Crippen molar-refractivity contribution in [2.75, 3.05) is 13.7 Å². The average Bonchev–Trinajstić information content (AvgIpc) is 2.70. The normalized spacial score (nSPS) is 19.2. The van der Waals surface area contributed by atoms with E-state index in [0.717, 1.165) is 16.5 Å². The molecule has 0 saturated carbocycles. The molecule has 0 unspecified atom stereocenters. The first-order chi connectivity index (χ1) is 14.1. The lowest BCUT2D eigenvalue weighted by molar-refractivity contribution is -0.162. The summed E-state index contributed by atoms with van der Waals surface area (Å²) in [7, 11) is -0.220. The van der Waals surface area contributed by atoms with Gasteiger partial charge in [0, 0.05) is 14.5 Å². The summed E-state index contributed by atoms with van der Waals surface area (Å²) in [4.78, 5) is 50.7. The molecule has 8 nitrogen and oxygen atoms in total. The Labute approximate surface area is 177 Å². The largest absolute Gasteiger partial charge is 0.469 e. The number of piperidine rings is 1. The number of ether oxygens (including phenoxy) is 3. The molecular weight excluding hydrogens is 406 g/mol. The van der Waals surface area contributed by atoms with Crippen molar-refractivity contribution >= 4 is 32.0 Å². The molecule has 30 heavy (non-hydrogen) atoms. The topological polar surface area (TPSA) is 99.2 Å². The zero-order valence-electron chi connectivity index (χ0n) is 17.9. The second-order valence-electron chi connectivity index (χ2n) is 8.46. The maximum atomic E-state index is 12.7. The maximum absolute atomic E-state index is 12.7. The molecular formula is C21H29NO7Si. The molecule has 9 heteroatoms. The fraction of sp³-hybridized carbons (Fsp3) is 0.524. The Bertz CT molecular complexity index is 775. The summed E-state index contributed by atoms with van der Waals surface area (Å²) in [5, 5.41) is 0. The number of amides is 2. The Morgan fingerprint density at radius 2 is 1.73 bits per heavy atom. The van der Waals surface area contributed by atoms with E-state index in [4.69, 9.17) is 14.2 Å². The van der Waals surface area contributed by atoms with Crippen LogP contribution in [-0.4, -0.2) is 56.7 Å². The van der Waals surface area contributed by atoms with Crippen LogP contribution in [0.25, 0.3) is 0 Å². The summed E-state index contributed by atoms with van der Waals surface area (Å²) in [5.74, 6) is -2.79. The Kier molecular flexibility index (Phi) is 8.16. The highest BCUT2D eigenvalue weighted by Gasteiger charge is 2.45. The van der Waals surface area contributed by atoms with Crippen molar-refractivity contribution in [3.8, 4) is 0 Å². The van der Waals surface area contributed by atoms with Gasteiger partial charge in [-0.2, -0.15) is 0 Å². The third-order valence-corrected chi connectivity index (χ3v) is 6.52. The van der Waals surface area contributed by atoms with Crippen LogP contribution in [0.5, 0.6) is 0 Å². The fourth-order valence-electron chi connectivity index (χ4n) is 3.06. The number of benzene rings is 1. The number of hydrogen-bond acceptors (Lipinski definition) is 7. The summed E-state index contributed by atoms with van der Waals surface area (Å²) >= 11 is 0. The van der Waals surface area contributed by atoms with Gasteiger partial charge >= 0.3 is 18.0 Å². The van der Waals surface area contributed by atoms with Crippen LogP contribution in [0.15, 0.2) is 30.3 Å². The van der Waals surface area contributed by atoms with E-state index in [1.807, 2.05) is 6.07 Å². The van der Waals surface area contributed by atoms with Crippen molar-refractivity contribution in [2.45, 2.75) is 51.2 Å². The van der Waals surface area contributed by atoms with Gasteiger partial charge in [-0.05, 0) is 18.0 Å². The minimum atomic E-state index is -1.44. The molecule has 1 fully saturated rings. The number of nitrogens with zero attached hydrogens (tertiary/aromatic N) is 1. The van der Waals surface area contributed by atoms with Crippen molar-refractivity contribution in [1.29, 1.82) is 0 Å². The van der Waals surface area contributed by atoms with E-state index >= 15 is 0 Å². The molecule has 164 valence electrons. The quantitative estimate of drug-likeness (QED) is 0.369. The number of likely N-dealkylation sites (tertiary alicyclic amines) is 1. The monoisotopic (exact) mass is 435 g/mol. The molecule has 2 atom stereocenters. The molecule has 2 amide bonds. The molecule has 0 spiro atoms. The Balaban J connectivity index is 2.12. The Morgan fingerprint density at radius 3 is 2.33 bits per heavy atom. The molecule has 1 aromatic rings. The molecule has 0 aliphatic carbocycles. The Hall–Kier alpha value is -2.68. The minimum absolute atomic E-state index is 0.0404. The van der Waals surface area contributed by atoms with Gasteiger partial charge in [0.25, 0.3) is 0 Å². The molecule has 0 bridgehead atoms. The number of carbonyl (C=O) groups excluding carboxylic acids is 4. The van der Waals surface area contributed by atoms with E-state index in [1.54, 1.807) is 24.3 Å². The van der Waals surface area contributed by atoms with Crippen LogP contribution in [-0.2, 0) is 35.2 Å². The van der Waals surface area contributed by atoms with Gasteiger partial charge in [-0.1, -0.05) is 50.0 Å². The van der Waals surface area contributed by atoms with Crippen molar-refractivity contribution in [2.24, 2.45) is 5.92 Å². The highest BCUT2D eigenvalue weighted by Crippen LogP contribution is 2.27. The molecule has 2 rings (SSSR count). The van der Waals surface area contributed by atoms with Crippen LogP contribution in [0.2, 0.25) is 25.7 Å². The maximum Gasteiger partial charge on any atom is 0.417 e. The lowest BCUT2D eigenvalue weighted by atomic mass is 9.90. The first-order valence-corrected chi connectivity index (χ1v) is 13.6. The number of methoxy groups -OCH3 is 1. The smallest absolute Gasteiger partial charge is 0.417 e. The molecule has 1 saturated heterocycles. The summed E-state index contributed by atoms with van der Waals surface area (Å²) in [6.45, 7) is 6.60. The summed E-state index contributed by atoms with van der Waals surface area (Å²) < 4.78 is 15.3. The molecule has 0 N–H and O–H groups in total. The van der Waals surface area contributed by atoms with Crippen LogP contribution in [0.3, 0.4) is 0 Å². The number of esters is 2. The van der Waals surface area contributed by atoms with Crippen molar-refractivity contribution in [3.05, 3.63) is 35.9 Å². The van der Waals surface area contributed by atoms with Crippen LogP contribution in [0.1, 0.15) is 18.4 Å². The number of carbonyl (C=O) groups is 4. The highest BCUT2D eigenvalue weighted by atomic mass is 28.3. The van der Waals surface area contributed by atoms with Crippen LogP contribution < -0.4 is 0 Å². The van der Waals surface area contributed by atoms with Crippen LogP contribution >= 0.6 is 0 Å². The summed E-state index contributed by atoms with van der Waals surface area (Å²) in [5.41, 5.74) is 0.747. The number of rotatable bonds is 7. The van der Waals surface area contributed by atoms with Gasteiger partial charge in [-0.3, -0.25) is 9.59 Å². The first-order valence-electron chi connectivity index (χ1n) is 9.89. The molecule has 0 radical (unpaired) electrons. The summed E-state index contributed by atoms with van der Waals surface area (Å²) in [6, 6.07) is 8.52. The average molecular weight is 436 g/mol. The zero-order chi connectivity index (χ0) is 22.3. The second kappa shape index (κ2) is 10.4. The molecule has 1 heterocycles. The van der Waals surface area contributed by atoms with Crippen LogP contribution in [0.4, 0.5) is 4.79 Å². The molecule has 1 aliphatic heterocycles. The molecule has 1 aromatic carbocycles. The van der Waals surface area contributed by atoms with E-state index in [2.05, 4.69) is 19.6 Å². The number of imide groups is 1. The lowest BCUT2D eigenvalue weighted by Crippen LogP contribution is -2.55. The van der Waals surface area contributed by atoms with E-state index in [9.17, 15) is 19.2 Å². The third kappa shape index (κ3) is 6.69. The minimum Gasteiger partial charge on any atom is -0.469 e. The van der Waals surface area contributed by atoms with E-state index in [1.165, 1.54) is 7.11 Å². The Morgan fingerprint density at radius 1 is 1.07 bits per heavy atom. The predicted molar refractivity (Wildman–Crippen MR) is 111 cm³/mol. The van der Waals surface area contributed by atoms with Crippen molar-refractivity contribution in [1.82, 2.24) is 4.90 Å². The van der Waals surface area contributed by atoms with Crippen LogP contribution in [0, 0.1) is 5.92 Å². The SMILES string of the molecule is COC(=O)[C@@H]1CC(=O)N(C(=O)OCc2ccccc2)[C@H](C(=O)OCC[Si](C)(C)C)C1. The standard InChI is InChI=1S/C21H29NO7Si/c1-27-19(24)16-12-17(20(25)28-10-11-30(2,3)4)22(18(23)13-16)21(26)29-14-15-8-6-5-7-9-15/h5-9,16-17H,10-14H2,1-4H3/t16-,17-/m0/s1. The van der Waals surface area contributed by atoms with Crippen molar-refractivity contribution < 1.29 is 33.4 Å². The van der Waals surface area contributed by atoms with Gasteiger partial charge in [-0.25, -0.2) is 14.5 Å². The van der Waals surface area contributed by atoms with Gasteiger partial charge in [-0.15, -0.1) is 0 Å². The van der Waals surface area contributed by atoms with Gasteiger partial charge in [0.15, 0.2) is 0 Å². The lowest BCUT2D eigenvalue weighted by Gasteiger charge is -2.34. The fourth-order valence-corrected chi connectivity index (χ4v) is 3.78. The van der Waals surface area contributed by atoms with E-state index < -0.39 is 44.0 Å². The first kappa shape index (κ1) is 23.6. The number of hydrogen-bond donors (Lipinski definition) is 0. The van der Waals surface area contributed by atoms with E-state index in [0.29, 0.717) is 0 Å². The van der Waals surface area contributed by atoms with Crippen molar-refractivity contribution in [3.63, 3.8) is 0 Å².